The zero-order valence-corrected chi connectivity index (χ0v) is 17.4. The number of benzene rings is 1. The van der Waals surface area contributed by atoms with E-state index in [4.69, 9.17) is 28.2 Å². The Morgan fingerprint density at radius 3 is 2.46 bits per heavy atom. The van der Waals surface area contributed by atoms with Gasteiger partial charge in [-0.05, 0) is 25.8 Å². The van der Waals surface area contributed by atoms with Crippen molar-refractivity contribution in [3.05, 3.63) is 39.6 Å². The van der Waals surface area contributed by atoms with Crippen LogP contribution in [0.5, 0.6) is 5.88 Å². The van der Waals surface area contributed by atoms with Crippen molar-refractivity contribution in [1.29, 1.82) is 0 Å². The fraction of sp³-hybridized carbons (Fsp3) is 0.524. The summed E-state index contributed by atoms with van der Waals surface area (Å²) in [4.78, 5) is 9.11. The van der Waals surface area contributed by atoms with Gasteiger partial charge in [-0.1, -0.05) is 81.3 Å². The highest BCUT2D eigenvalue weighted by atomic mass is 35.5. The first-order chi connectivity index (χ1) is 12.5. The third-order valence-electron chi connectivity index (χ3n) is 4.82. The molecule has 0 aliphatic heterocycles. The van der Waals surface area contributed by atoms with Crippen molar-refractivity contribution in [1.82, 2.24) is 9.97 Å². The predicted octanol–water partition coefficient (Wildman–Crippen LogP) is 7.32. The molecule has 0 amide bonds. The van der Waals surface area contributed by atoms with Gasteiger partial charge < -0.3 is 5.11 Å². The average Bonchev–Trinajstić information content (AvgIpc) is 2.63. The van der Waals surface area contributed by atoms with Crippen LogP contribution in [0.25, 0.3) is 11.3 Å². The fourth-order valence-electron chi connectivity index (χ4n) is 3.27. The Hall–Kier alpha value is -1.32. The molecular formula is C21H28Cl2N2O. The topological polar surface area (TPSA) is 46.0 Å². The largest absolute Gasteiger partial charge is 0.492 e. The maximum absolute atomic E-state index is 10.5. The Morgan fingerprint density at radius 2 is 1.77 bits per heavy atom. The number of hydrogen-bond acceptors (Lipinski definition) is 3. The van der Waals surface area contributed by atoms with Crippen LogP contribution in [0.1, 0.15) is 76.1 Å². The zero-order chi connectivity index (χ0) is 19.1. The van der Waals surface area contributed by atoms with Gasteiger partial charge in [0.1, 0.15) is 5.69 Å². The molecule has 142 valence electrons. The monoisotopic (exact) mass is 394 g/mol. The van der Waals surface area contributed by atoms with Crippen molar-refractivity contribution in [2.45, 2.75) is 71.6 Å². The summed E-state index contributed by atoms with van der Waals surface area (Å²) in [5, 5.41) is 11.4. The van der Waals surface area contributed by atoms with Gasteiger partial charge in [0.05, 0.1) is 21.4 Å². The first-order valence-corrected chi connectivity index (χ1v) is 10.3. The highest BCUT2D eigenvalue weighted by Crippen LogP contribution is 2.37. The molecule has 0 saturated heterocycles. The van der Waals surface area contributed by atoms with Gasteiger partial charge in [-0.2, -0.15) is 0 Å². The Kier molecular flexibility index (Phi) is 8.17. The molecule has 0 bridgehead atoms. The van der Waals surface area contributed by atoms with E-state index in [-0.39, 0.29) is 11.8 Å². The first kappa shape index (κ1) is 21.0. The lowest BCUT2D eigenvalue weighted by Gasteiger charge is -2.17. The van der Waals surface area contributed by atoms with Crippen molar-refractivity contribution < 1.29 is 5.11 Å². The second kappa shape index (κ2) is 10.1. The van der Waals surface area contributed by atoms with Crippen molar-refractivity contribution in [3.8, 4) is 17.1 Å². The van der Waals surface area contributed by atoms with Crippen LogP contribution in [-0.4, -0.2) is 15.1 Å². The number of aryl methyl sites for hydroxylation is 1. The molecule has 1 N–H and O–H groups in total. The van der Waals surface area contributed by atoms with E-state index in [9.17, 15) is 5.11 Å². The van der Waals surface area contributed by atoms with Gasteiger partial charge >= 0.3 is 0 Å². The molecule has 3 nitrogen and oxygen atoms in total. The molecule has 1 unspecified atom stereocenters. The second-order valence-corrected chi connectivity index (χ2v) is 7.56. The normalized spacial score (nSPS) is 12.3. The van der Waals surface area contributed by atoms with E-state index in [1.54, 1.807) is 6.07 Å². The van der Waals surface area contributed by atoms with E-state index in [2.05, 4.69) is 18.8 Å². The molecule has 2 rings (SSSR count). The van der Waals surface area contributed by atoms with Crippen LogP contribution in [0, 0.1) is 6.92 Å². The van der Waals surface area contributed by atoms with Crippen LogP contribution in [0.4, 0.5) is 0 Å². The van der Waals surface area contributed by atoms with Crippen LogP contribution in [0.2, 0.25) is 10.0 Å². The summed E-state index contributed by atoms with van der Waals surface area (Å²) in [6.45, 7) is 6.25. The fourth-order valence-corrected chi connectivity index (χ4v) is 3.66. The third kappa shape index (κ3) is 5.11. The smallest absolute Gasteiger partial charge is 0.234 e. The molecule has 2 aromatic rings. The summed E-state index contributed by atoms with van der Waals surface area (Å²) in [5.74, 6) is 0.230. The lowest BCUT2D eigenvalue weighted by atomic mass is 9.94. The summed E-state index contributed by atoms with van der Waals surface area (Å²) in [6, 6.07) is 5.40. The van der Waals surface area contributed by atoms with Crippen molar-refractivity contribution in [3.63, 3.8) is 0 Å². The van der Waals surface area contributed by atoms with Gasteiger partial charge in [-0.25, -0.2) is 9.97 Å². The van der Waals surface area contributed by atoms with Gasteiger partial charge in [-0.3, -0.25) is 0 Å². The summed E-state index contributed by atoms with van der Waals surface area (Å²) < 4.78 is 0. The average molecular weight is 395 g/mol. The number of rotatable bonds is 9. The molecule has 0 aliphatic carbocycles. The summed E-state index contributed by atoms with van der Waals surface area (Å²) in [7, 11) is 0. The zero-order valence-electron chi connectivity index (χ0n) is 15.9. The molecular weight excluding hydrogens is 367 g/mol. The van der Waals surface area contributed by atoms with Gasteiger partial charge in [0.25, 0.3) is 0 Å². The molecule has 0 aliphatic rings. The Morgan fingerprint density at radius 1 is 1.04 bits per heavy atom. The third-order valence-corrected chi connectivity index (χ3v) is 5.64. The highest BCUT2D eigenvalue weighted by molar-refractivity contribution is 6.43. The molecule has 26 heavy (non-hydrogen) atoms. The lowest BCUT2D eigenvalue weighted by molar-refractivity contribution is 0.423. The van der Waals surface area contributed by atoms with Crippen molar-refractivity contribution >= 4 is 23.2 Å². The maximum atomic E-state index is 10.5. The van der Waals surface area contributed by atoms with Crippen LogP contribution in [0.3, 0.4) is 0 Å². The van der Waals surface area contributed by atoms with Gasteiger partial charge in [0, 0.05) is 11.5 Å². The molecule has 1 aromatic carbocycles. The lowest BCUT2D eigenvalue weighted by Crippen LogP contribution is -2.06. The van der Waals surface area contributed by atoms with Gasteiger partial charge in [0.2, 0.25) is 5.88 Å². The van der Waals surface area contributed by atoms with E-state index >= 15 is 0 Å². The number of hydrogen-bond donors (Lipinski definition) is 1. The van der Waals surface area contributed by atoms with E-state index in [1.807, 2.05) is 19.1 Å². The standard InChI is InChI=1S/C21H28Cl2N2O/c1-4-6-7-8-9-11-15(5-2)20-21(26)25-19(14(3)24-20)16-12-10-13-17(22)18(16)23/h10,12-13,15H,4-9,11H2,1-3H3,(H,25,26). The minimum Gasteiger partial charge on any atom is -0.492 e. The van der Waals surface area contributed by atoms with E-state index in [1.165, 1.54) is 25.7 Å². The highest BCUT2D eigenvalue weighted by Gasteiger charge is 2.20. The van der Waals surface area contributed by atoms with Gasteiger partial charge in [-0.15, -0.1) is 0 Å². The Labute approximate surface area is 166 Å². The first-order valence-electron chi connectivity index (χ1n) is 9.51. The maximum Gasteiger partial charge on any atom is 0.234 e. The second-order valence-electron chi connectivity index (χ2n) is 6.78. The number of aromatic hydroxyl groups is 1. The molecule has 5 heteroatoms. The van der Waals surface area contributed by atoms with Crippen LogP contribution >= 0.6 is 23.2 Å². The Balaban J connectivity index is 2.23. The molecule has 1 atom stereocenters. The molecule has 0 saturated carbocycles. The van der Waals surface area contributed by atoms with E-state index in [0.717, 1.165) is 25.0 Å². The SMILES string of the molecule is CCCCCCCC(CC)c1nc(C)c(-c2cccc(Cl)c2Cl)nc1O. The minimum absolute atomic E-state index is 0.00190. The van der Waals surface area contributed by atoms with Crippen LogP contribution < -0.4 is 0 Å². The number of halogens is 2. The van der Waals surface area contributed by atoms with Crippen molar-refractivity contribution in [2.75, 3.05) is 0 Å². The molecule has 1 aromatic heterocycles. The number of aromatic nitrogens is 2. The molecule has 1 heterocycles. The molecule has 0 radical (unpaired) electrons. The summed E-state index contributed by atoms with van der Waals surface area (Å²) >= 11 is 12.4. The van der Waals surface area contributed by atoms with Crippen LogP contribution in [-0.2, 0) is 0 Å². The Bertz CT molecular complexity index is 734. The van der Waals surface area contributed by atoms with E-state index in [0.29, 0.717) is 27.0 Å². The number of unbranched alkanes of at least 4 members (excludes halogenated alkanes) is 4. The van der Waals surface area contributed by atoms with Gasteiger partial charge in [0.15, 0.2) is 0 Å². The quantitative estimate of drug-likeness (QED) is 0.453. The minimum atomic E-state index is 0.00190. The van der Waals surface area contributed by atoms with E-state index < -0.39 is 0 Å². The summed E-state index contributed by atoms with van der Waals surface area (Å²) in [6.07, 6.45) is 8.15. The van der Waals surface area contributed by atoms with Crippen molar-refractivity contribution in [2.24, 2.45) is 0 Å². The predicted molar refractivity (Wildman–Crippen MR) is 110 cm³/mol. The molecule has 0 spiro atoms. The molecule has 0 fully saturated rings. The van der Waals surface area contributed by atoms with Crippen LogP contribution in [0.15, 0.2) is 18.2 Å². The summed E-state index contributed by atoms with van der Waals surface area (Å²) in [5.41, 5.74) is 2.73. The number of nitrogens with zero attached hydrogens (tertiary/aromatic N) is 2.